The van der Waals surface area contributed by atoms with Gasteiger partial charge >= 0.3 is 5.97 Å². The molecule has 0 atom stereocenters. The Labute approximate surface area is 68.8 Å². The minimum Gasteiger partial charge on any atom is -0.524 e. The van der Waals surface area contributed by atoms with E-state index in [1.54, 1.807) is 0 Å². The van der Waals surface area contributed by atoms with Crippen LogP contribution in [0.4, 0.5) is 0 Å². The molecular formula is C6H13ClO2Si. The van der Waals surface area contributed by atoms with E-state index < -0.39 is 9.76 Å². The predicted molar refractivity (Wildman–Crippen MR) is 45.1 cm³/mol. The molecule has 60 valence electrons. The fourth-order valence-corrected chi connectivity index (χ4v) is 1.96. The Bertz CT molecular complexity index is 97.7. The van der Waals surface area contributed by atoms with Crippen LogP contribution in [-0.2, 0) is 9.22 Å². The fraction of sp³-hybridized carbons (Fsp3) is 0.833. The second-order valence-corrected chi connectivity index (χ2v) is 3.73. The smallest absolute Gasteiger partial charge is 0.307 e. The number of halogens is 1. The Morgan fingerprint density at radius 3 is 2.90 bits per heavy atom. The molecule has 0 bridgehead atoms. The highest BCUT2D eigenvalue weighted by Gasteiger charge is 1.97. The Kier molecular flexibility index (Phi) is 7.07. The summed E-state index contributed by atoms with van der Waals surface area (Å²) in [6, 6.07) is 1.08. The van der Waals surface area contributed by atoms with Gasteiger partial charge in [0.1, 0.15) is 5.88 Å². The van der Waals surface area contributed by atoms with Gasteiger partial charge in [0, 0.05) is 0 Å². The summed E-state index contributed by atoms with van der Waals surface area (Å²) in [7, 11) is -0.592. The lowest BCUT2D eigenvalue weighted by atomic mass is 10.4. The van der Waals surface area contributed by atoms with Gasteiger partial charge in [0.25, 0.3) is 0 Å². The van der Waals surface area contributed by atoms with Gasteiger partial charge in [-0.3, -0.25) is 4.79 Å². The van der Waals surface area contributed by atoms with Crippen LogP contribution in [0.25, 0.3) is 0 Å². The summed E-state index contributed by atoms with van der Waals surface area (Å²) in [4.78, 5) is 10.5. The van der Waals surface area contributed by atoms with Crippen LogP contribution in [0.15, 0.2) is 0 Å². The van der Waals surface area contributed by atoms with E-state index in [9.17, 15) is 4.79 Å². The van der Waals surface area contributed by atoms with Crippen LogP contribution >= 0.6 is 11.6 Å². The van der Waals surface area contributed by atoms with Crippen molar-refractivity contribution >= 4 is 27.3 Å². The summed E-state index contributed by atoms with van der Waals surface area (Å²) < 4.78 is 4.86. The normalized spacial score (nSPS) is 10.6. The predicted octanol–water partition coefficient (Wildman–Crippen LogP) is 1.07. The van der Waals surface area contributed by atoms with E-state index in [-0.39, 0.29) is 11.8 Å². The highest BCUT2D eigenvalue weighted by atomic mass is 35.5. The topological polar surface area (TPSA) is 26.3 Å². The molecule has 0 rings (SSSR count). The van der Waals surface area contributed by atoms with Crippen molar-refractivity contribution in [3.63, 3.8) is 0 Å². The van der Waals surface area contributed by atoms with Crippen LogP contribution in [0.2, 0.25) is 6.04 Å². The molecule has 10 heavy (non-hydrogen) atoms. The van der Waals surface area contributed by atoms with Crippen molar-refractivity contribution in [2.75, 3.05) is 5.88 Å². The van der Waals surface area contributed by atoms with Gasteiger partial charge in [-0.25, -0.2) is 0 Å². The first-order valence-electron chi connectivity index (χ1n) is 3.52. The Balaban J connectivity index is 2.96. The molecule has 0 saturated heterocycles. The summed E-state index contributed by atoms with van der Waals surface area (Å²) >= 11 is 5.21. The summed E-state index contributed by atoms with van der Waals surface area (Å²) in [5.74, 6) is -0.261. The molecule has 0 aliphatic heterocycles. The largest absolute Gasteiger partial charge is 0.524 e. The molecule has 0 saturated carbocycles. The number of carbonyl (C=O) groups excluding carboxylic acids is 1. The van der Waals surface area contributed by atoms with Crippen molar-refractivity contribution in [2.45, 2.75) is 25.8 Å². The van der Waals surface area contributed by atoms with Crippen LogP contribution in [0, 0.1) is 0 Å². The average molecular weight is 181 g/mol. The van der Waals surface area contributed by atoms with E-state index >= 15 is 0 Å². The molecular weight excluding hydrogens is 168 g/mol. The molecule has 0 spiro atoms. The summed E-state index contributed by atoms with van der Waals surface area (Å²) in [5.41, 5.74) is 0. The number of hydrogen-bond acceptors (Lipinski definition) is 2. The minimum atomic E-state index is -0.592. The van der Waals surface area contributed by atoms with Crippen molar-refractivity contribution in [1.82, 2.24) is 0 Å². The number of alkyl halides is 1. The number of carbonyl (C=O) groups is 1. The third-order valence-electron chi connectivity index (χ3n) is 1.12. The van der Waals surface area contributed by atoms with Gasteiger partial charge in [-0.1, -0.05) is 19.8 Å². The second kappa shape index (κ2) is 7.09. The molecule has 4 heteroatoms. The Hall–Kier alpha value is -0.0231. The lowest BCUT2D eigenvalue weighted by molar-refractivity contribution is -0.131. The zero-order valence-corrected chi connectivity index (χ0v) is 8.40. The van der Waals surface area contributed by atoms with Crippen LogP contribution in [0.1, 0.15) is 19.8 Å². The van der Waals surface area contributed by atoms with E-state index in [4.69, 9.17) is 16.0 Å². The molecule has 0 N–H and O–H groups in total. The second-order valence-electron chi connectivity index (χ2n) is 2.06. The summed E-state index contributed by atoms with van der Waals surface area (Å²) in [5, 5.41) is 0. The van der Waals surface area contributed by atoms with E-state index in [0.717, 1.165) is 6.04 Å². The molecule has 0 radical (unpaired) electrons. The molecule has 0 aliphatic carbocycles. The third-order valence-corrected chi connectivity index (χ3v) is 2.65. The maximum absolute atomic E-state index is 10.5. The molecule has 0 aromatic carbocycles. The molecule has 0 aromatic heterocycles. The number of rotatable bonds is 5. The number of hydrogen-bond donors (Lipinski definition) is 0. The van der Waals surface area contributed by atoms with Crippen LogP contribution in [-0.4, -0.2) is 21.6 Å². The highest BCUT2D eigenvalue weighted by molar-refractivity contribution is 6.34. The van der Waals surface area contributed by atoms with Crippen LogP contribution < -0.4 is 0 Å². The van der Waals surface area contributed by atoms with E-state index in [1.807, 2.05) is 0 Å². The van der Waals surface area contributed by atoms with Crippen LogP contribution in [0.5, 0.6) is 0 Å². The van der Waals surface area contributed by atoms with Gasteiger partial charge in [0.05, 0.1) is 0 Å². The Morgan fingerprint density at radius 2 is 2.40 bits per heavy atom. The quantitative estimate of drug-likeness (QED) is 0.360. The lowest BCUT2D eigenvalue weighted by Crippen LogP contribution is -2.08. The van der Waals surface area contributed by atoms with Gasteiger partial charge in [-0.05, 0) is 6.04 Å². The van der Waals surface area contributed by atoms with E-state index in [0.29, 0.717) is 0 Å². The van der Waals surface area contributed by atoms with Crippen molar-refractivity contribution in [3.8, 4) is 0 Å². The van der Waals surface area contributed by atoms with Gasteiger partial charge in [-0.2, -0.15) is 0 Å². The molecule has 0 aliphatic rings. The Morgan fingerprint density at radius 1 is 1.70 bits per heavy atom. The standard InChI is InChI=1S/C6H13ClO2Si/c1-2-3-4-10-9-6(8)5-7/h2-5,10H2,1H3. The fourth-order valence-electron chi connectivity index (χ4n) is 0.577. The first kappa shape index (κ1) is 9.98. The van der Waals surface area contributed by atoms with Crippen molar-refractivity contribution in [3.05, 3.63) is 0 Å². The first-order valence-corrected chi connectivity index (χ1v) is 5.64. The molecule has 0 aromatic rings. The molecule has 2 nitrogen and oxygen atoms in total. The van der Waals surface area contributed by atoms with Crippen molar-refractivity contribution in [1.29, 1.82) is 0 Å². The van der Waals surface area contributed by atoms with Gasteiger partial charge in [-0.15, -0.1) is 11.6 Å². The van der Waals surface area contributed by atoms with E-state index in [1.165, 1.54) is 12.8 Å². The maximum atomic E-state index is 10.5. The third kappa shape index (κ3) is 6.10. The van der Waals surface area contributed by atoms with Crippen molar-refractivity contribution < 1.29 is 9.22 Å². The zero-order valence-electron chi connectivity index (χ0n) is 6.23. The lowest BCUT2D eigenvalue weighted by Gasteiger charge is -1.99. The average Bonchev–Trinajstić information content (AvgIpc) is 1.98. The van der Waals surface area contributed by atoms with Gasteiger partial charge in [0.2, 0.25) is 9.76 Å². The van der Waals surface area contributed by atoms with Gasteiger partial charge < -0.3 is 4.43 Å². The maximum Gasteiger partial charge on any atom is 0.307 e. The van der Waals surface area contributed by atoms with E-state index in [2.05, 4.69) is 6.92 Å². The molecule has 0 fully saturated rings. The minimum absolute atomic E-state index is 0.000868. The van der Waals surface area contributed by atoms with Gasteiger partial charge in [0.15, 0.2) is 0 Å². The monoisotopic (exact) mass is 180 g/mol. The molecule has 0 heterocycles. The summed E-state index contributed by atoms with van der Waals surface area (Å²) in [6.07, 6.45) is 2.34. The molecule has 0 amide bonds. The van der Waals surface area contributed by atoms with Crippen molar-refractivity contribution in [2.24, 2.45) is 0 Å². The van der Waals surface area contributed by atoms with Crippen LogP contribution in [0.3, 0.4) is 0 Å². The summed E-state index contributed by atoms with van der Waals surface area (Å²) in [6.45, 7) is 2.12. The molecule has 0 unspecified atom stereocenters. The highest BCUT2D eigenvalue weighted by Crippen LogP contribution is 1.94. The first-order chi connectivity index (χ1) is 4.81. The number of unbranched alkanes of at least 4 members (excludes halogenated alkanes) is 1. The zero-order chi connectivity index (χ0) is 7.82. The SMILES string of the molecule is CCCC[SiH2]OC(=O)CCl.